The highest BCUT2D eigenvalue weighted by molar-refractivity contribution is 5.17. The Kier molecular flexibility index (Phi) is 4.79. The molecule has 1 aromatic heterocycles. The zero-order valence-corrected chi connectivity index (χ0v) is 12.7. The van der Waals surface area contributed by atoms with E-state index in [-0.39, 0.29) is 0 Å². The highest BCUT2D eigenvalue weighted by Gasteiger charge is 2.22. The van der Waals surface area contributed by atoms with Crippen LogP contribution in [-0.4, -0.2) is 24.0 Å². The van der Waals surface area contributed by atoms with E-state index >= 15 is 0 Å². The molecule has 0 aliphatic heterocycles. The van der Waals surface area contributed by atoms with E-state index in [2.05, 4.69) is 23.3 Å². The maximum Gasteiger partial charge on any atom is 0.122 e. The van der Waals surface area contributed by atoms with Crippen molar-refractivity contribution in [2.75, 3.05) is 7.05 Å². The first-order valence-corrected chi connectivity index (χ1v) is 8.32. The summed E-state index contributed by atoms with van der Waals surface area (Å²) >= 11 is 0. The zero-order chi connectivity index (χ0) is 13.8. The van der Waals surface area contributed by atoms with E-state index in [1.165, 1.54) is 56.9 Å². The predicted octanol–water partition coefficient (Wildman–Crippen LogP) is 3.69. The van der Waals surface area contributed by atoms with Crippen LogP contribution in [0.25, 0.3) is 0 Å². The van der Waals surface area contributed by atoms with Crippen LogP contribution in [0, 0.1) is 0 Å². The highest BCUT2D eigenvalue weighted by Crippen LogP contribution is 2.24. The molecule has 1 N–H and O–H groups in total. The third-order valence-corrected chi connectivity index (χ3v) is 4.83. The van der Waals surface area contributed by atoms with E-state index in [1.807, 2.05) is 6.26 Å². The molecule has 0 bridgehead atoms. The Hall–Kier alpha value is -0.800. The lowest BCUT2D eigenvalue weighted by molar-refractivity contribution is 0.211. The van der Waals surface area contributed by atoms with Crippen LogP contribution in [0.1, 0.15) is 62.7 Å². The van der Waals surface area contributed by atoms with Gasteiger partial charge in [-0.25, -0.2) is 0 Å². The SMILES string of the molecule is CN(Cc1ccoc1CNC1CC1)C1CCCCCC1. The molecule has 0 radical (unpaired) electrons. The van der Waals surface area contributed by atoms with Crippen molar-refractivity contribution in [3.63, 3.8) is 0 Å². The van der Waals surface area contributed by atoms with Gasteiger partial charge in [-0.3, -0.25) is 4.90 Å². The zero-order valence-electron chi connectivity index (χ0n) is 12.7. The molecule has 0 unspecified atom stereocenters. The van der Waals surface area contributed by atoms with Gasteiger partial charge >= 0.3 is 0 Å². The van der Waals surface area contributed by atoms with Crippen molar-refractivity contribution >= 4 is 0 Å². The van der Waals surface area contributed by atoms with Gasteiger partial charge in [0.15, 0.2) is 0 Å². The molecule has 2 aliphatic carbocycles. The van der Waals surface area contributed by atoms with Crippen molar-refractivity contribution in [3.8, 4) is 0 Å². The molecule has 0 atom stereocenters. The summed E-state index contributed by atoms with van der Waals surface area (Å²) < 4.78 is 5.67. The average Bonchev–Trinajstić information content (AvgIpc) is 3.23. The van der Waals surface area contributed by atoms with Crippen LogP contribution in [-0.2, 0) is 13.1 Å². The lowest BCUT2D eigenvalue weighted by Gasteiger charge is -2.27. The van der Waals surface area contributed by atoms with Gasteiger partial charge in [0.25, 0.3) is 0 Å². The smallest absolute Gasteiger partial charge is 0.122 e. The summed E-state index contributed by atoms with van der Waals surface area (Å²) in [4.78, 5) is 2.54. The van der Waals surface area contributed by atoms with E-state index in [1.54, 1.807) is 0 Å². The van der Waals surface area contributed by atoms with Crippen LogP contribution in [0.4, 0.5) is 0 Å². The summed E-state index contributed by atoms with van der Waals surface area (Å²) in [5.74, 6) is 1.14. The fraction of sp³-hybridized carbons (Fsp3) is 0.765. The minimum absolute atomic E-state index is 0.743. The number of rotatable bonds is 6. The van der Waals surface area contributed by atoms with Gasteiger partial charge in [0.1, 0.15) is 5.76 Å². The molecule has 20 heavy (non-hydrogen) atoms. The molecule has 2 saturated carbocycles. The molecule has 0 spiro atoms. The molecule has 0 aromatic carbocycles. The van der Waals surface area contributed by atoms with E-state index in [0.717, 1.165) is 30.9 Å². The summed E-state index contributed by atoms with van der Waals surface area (Å²) in [6, 6.07) is 3.65. The van der Waals surface area contributed by atoms with Crippen LogP contribution in [0.3, 0.4) is 0 Å². The minimum Gasteiger partial charge on any atom is -0.468 e. The summed E-state index contributed by atoms with van der Waals surface area (Å²) in [5, 5.41) is 3.55. The van der Waals surface area contributed by atoms with Gasteiger partial charge in [0, 0.05) is 24.2 Å². The summed E-state index contributed by atoms with van der Waals surface area (Å²) in [7, 11) is 2.28. The van der Waals surface area contributed by atoms with Gasteiger partial charge < -0.3 is 9.73 Å². The second-order valence-corrected chi connectivity index (χ2v) is 6.58. The second-order valence-electron chi connectivity index (χ2n) is 6.58. The largest absolute Gasteiger partial charge is 0.468 e. The summed E-state index contributed by atoms with van der Waals surface area (Å²) in [5.41, 5.74) is 1.37. The van der Waals surface area contributed by atoms with Gasteiger partial charge in [-0.1, -0.05) is 25.7 Å². The molecule has 1 aromatic rings. The Balaban J connectivity index is 1.54. The quantitative estimate of drug-likeness (QED) is 0.803. The Bertz CT molecular complexity index is 403. The number of furan rings is 1. The van der Waals surface area contributed by atoms with Crippen LogP contribution in [0.2, 0.25) is 0 Å². The lowest BCUT2D eigenvalue weighted by atomic mass is 10.1. The second kappa shape index (κ2) is 6.77. The molecule has 112 valence electrons. The maximum absolute atomic E-state index is 5.67. The number of hydrogen-bond donors (Lipinski definition) is 1. The van der Waals surface area contributed by atoms with Gasteiger partial charge in [-0.15, -0.1) is 0 Å². The first-order valence-electron chi connectivity index (χ1n) is 8.32. The first kappa shape index (κ1) is 14.2. The third kappa shape index (κ3) is 3.86. The van der Waals surface area contributed by atoms with E-state index in [9.17, 15) is 0 Å². The average molecular weight is 276 g/mol. The van der Waals surface area contributed by atoms with Gasteiger partial charge in [-0.2, -0.15) is 0 Å². The Labute approximate surface area is 122 Å². The van der Waals surface area contributed by atoms with Crippen LogP contribution in [0.15, 0.2) is 16.7 Å². The molecular weight excluding hydrogens is 248 g/mol. The normalized spacial score (nSPS) is 21.3. The predicted molar refractivity (Wildman–Crippen MR) is 81.5 cm³/mol. The monoisotopic (exact) mass is 276 g/mol. The molecular formula is C17H28N2O. The van der Waals surface area contributed by atoms with Crippen molar-refractivity contribution in [2.45, 2.75) is 76.5 Å². The number of nitrogens with zero attached hydrogens (tertiary/aromatic N) is 1. The minimum atomic E-state index is 0.743. The van der Waals surface area contributed by atoms with Gasteiger partial charge in [0.2, 0.25) is 0 Å². The van der Waals surface area contributed by atoms with Crippen molar-refractivity contribution in [1.29, 1.82) is 0 Å². The molecule has 3 rings (SSSR count). The molecule has 0 saturated heterocycles. The Morgan fingerprint density at radius 3 is 2.60 bits per heavy atom. The maximum atomic E-state index is 5.67. The standard InChI is InChI=1S/C17H28N2O/c1-19(16-6-4-2-3-5-7-16)13-14-10-11-20-17(14)12-18-15-8-9-15/h10-11,15-16,18H,2-9,12-13H2,1H3. The summed E-state index contributed by atoms with van der Waals surface area (Å²) in [6.45, 7) is 1.92. The molecule has 2 fully saturated rings. The van der Waals surface area contributed by atoms with E-state index in [4.69, 9.17) is 4.42 Å². The topological polar surface area (TPSA) is 28.4 Å². The van der Waals surface area contributed by atoms with E-state index in [0.29, 0.717) is 0 Å². The van der Waals surface area contributed by atoms with Gasteiger partial charge in [0.05, 0.1) is 12.8 Å². The van der Waals surface area contributed by atoms with Gasteiger partial charge in [-0.05, 0) is 38.8 Å². The van der Waals surface area contributed by atoms with Crippen molar-refractivity contribution in [1.82, 2.24) is 10.2 Å². The molecule has 3 nitrogen and oxygen atoms in total. The first-order chi connectivity index (χ1) is 9.83. The molecule has 2 aliphatic rings. The molecule has 3 heteroatoms. The van der Waals surface area contributed by atoms with Crippen LogP contribution in [0.5, 0.6) is 0 Å². The Morgan fingerprint density at radius 1 is 1.15 bits per heavy atom. The van der Waals surface area contributed by atoms with Crippen LogP contribution < -0.4 is 5.32 Å². The summed E-state index contributed by atoms with van der Waals surface area (Å²) in [6.07, 6.45) is 12.9. The number of hydrogen-bond acceptors (Lipinski definition) is 3. The van der Waals surface area contributed by atoms with E-state index < -0.39 is 0 Å². The van der Waals surface area contributed by atoms with Crippen LogP contribution >= 0.6 is 0 Å². The Morgan fingerprint density at radius 2 is 1.90 bits per heavy atom. The third-order valence-electron chi connectivity index (χ3n) is 4.83. The molecule has 0 amide bonds. The van der Waals surface area contributed by atoms with Crippen molar-refractivity contribution < 1.29 is 4.42 Å². The molecule has 1 heterocycles. The van der Waals surface area contributed by atoms with Crippen molar-refractivity contribution in [2.24, 2.45) is 0 Å². The van der Waals surface area contributed by atoms with Crippen molar-refractivity contribution in [3.05, 3.63) is 23.7 Å². The number of nitrogens with one attached hydrogen (secondary N) is 1. The lowest BCUT2D eigenvalue weighted by Crippen LogP contribution is -2.31. The fourth-order valence-electron chi connectivity index (χ4n) is 3.28. The highest BCUT2D eigenvalue weighted by atomic mass is 16.3. The fourth-order valence-corrected chi connectivity index (χ4v) is 3.28.